The van der Waals surface area contributed by atoms with E-state index in [9.17, 15) is 4.39 Å². The quantitative estimate of drug-likeness (QED) is 0.874. The van der Waals surface area contributed by atoms with Gasteiger partial charge in [0.05, 0.1) is 24.8 Å². The maximum Gasteiger partial charge on any atom is 0.144 e. The molecule has 2 unspecified atom stereocenters. The molecule has 1 aromatic carbocycles. The molecule has 2 rings (SSSR count). The molecule has 0 radical (unpaired) electrons. The van der Waals surface area contributed by atoms with Crippen LogP contribution in [0.3, 0.4) is 0 Å². The van der Waals surface area contributed by atoms with Crippen molar-refractivity contribution in [3.05, 3.63) is 24.0 Å². The van der Waals surface area contributed by atoms with Gasteiger partial charge in [-0.15, -0.1) is 0 Å². The zero-order valence-electron chi connectivity index (χ0n) is 9.74. The third-order valence-corrected chi connectivity index (χ3v) is 3.19. The highest BCUT2D eigenvalue weighted by atomic mass is 19.1. The maximum absolute atomic E-state index is 13.0. The van der Waals surface area contributed by atoms with Gasteiger partial charge < -0.3 is 10.1 Å². The molecule has 0 heterocycles. The van der Waals surface area contributed by atoms with Gasteiger partial charge in [0.15, 0.2) is 0 Å². The van der Waals surface area contributed by atoms with Gasteiger partial charge >= 0.3 is 0 Å². The van der Waals surface area contributed by atoms with Crippen LogP contribution in [-0.4, -0.2) is 13.2 Å². The molecular formula is C13H15FN2O. The standard InChI is InChI=1S/C13H15FN2O/c1-17-13-7-10(14)5-6-12(13)16-11-4-2-3-9(11)8-15/h5-7,9,11,16H,2-4H2,1H3. The predicted octanol–water partition coefficient (Wildman–Crippen LogP) is 2.94. The van der Waals surface area contributed by atoms with Crippen molar-refractivity contribution in [3.63, 3.8) is 0 Å². The van der Waals surface area contributed by atoms with E-state index in [1.54, 1.807) is 6.07 Å². The molecule has 1 aliphatic rings. The Labute approximate surface area is 100 Å². The number of nitriles is 1. The summed E-state index contributed by atoms with van der Waals surface area (Å²) < 4.78 is 18.2. The minimum atomic E-state index is -0.323. The van der Waals surface area contributed by atoms with Gasteiger partial charge in [0, 0.05) is 12.1 Å². The lowest BCUT2D eigenvalue weighted by atomic mass is 10.1. The van der Waals surface area contributed by atoms with Crippen LogP contribution in [0, 0.1) is 23.1 Å². The van der Waals surface area contributed by atoms with Crippen molar-refractivity contribution in [1.29, 1.82) is 5.26 Å². The first-order valence-corrected chi connectivity index (χ1v) is 5.74. The topological polar surface area (TPSA) is 45.0 Å². The average molecular weight is 234 g/mol. The SMILES string of the molecule is COc1cc(F)ccc1NC1CCCC1C#N. The number of nitrogens with zero attached hydrogens (tertiary/aromatic N) is 1. The number of anilines is 1. The van der Waals surface area contributed by atoms with Crippen molar-refractivity contribution < 1.29 is 9.13 Å². The van der Waals surface area contributed by atoms with E-state index < -0.39 is 0 Å². The molecule has 4 heteroatoms. The molecular weight excluding hydrogens is 219 g/mol. The van der Waals surface area contributed by atoms with E-state index in [0.717, 1.165) is 24.9 Å². The molecule has 0 aliphatic heterocycles. The van der Waals surface area contributed by atoms with Crippen LogP contribution >= 0.6 is 0 Å². The van der Waals surface area contributed by atoms with Gasteiger partial charge in [0.2, 0.25) is 0 Å². The zero-order chi connectivity index (χ0) is 12.3. The van der Waals surface area contributed by atoms with E-state index in [-0.39, 0.29) is 17.8 Å². The Balaban J connectivity index is 2.16. The molecule has 0 spiro atoms. The molecule has 0 saturated heterocycles. The molecule has 3 nitrogen and oxygen atoms in total. The van der Waals surface area contributed by atoms with Gasteiger partial charge in [-0.25, -0.2) is 4.39 Å². The van der Waals surface area contributed by atoms with Crippen LogP contribution in [0.2, 0.25) is 0 Å². The summed E-state index contributed by atoms with van der Waals surface area (Å²) in [5.41, 5.74) is 0.751. The van der Waals surface area contributed by atoms with Gasteiger partial charge in [-0.05, 0) is 31.4 Å². The van der Waals surface area contributed by atoms with Gasteiger partial charge in [-0.2, -0.15) is 5.26 Å². The molecule has 0 aromatic heterocycles. The Morgan fingerprint density at radius 2 is 2.29 bits per heavy atom. The van der Waals surface area contributed by atoms with E-state index in [1.807, 2.05) is 0 Å². The van der Waals surface area contributed by atoms with Crippen LogP contribution in [0.25, 0.3) is 0 Å². The lowest BCUT2D eigenvalue weighted by Gasteiger charge is -2.19. The van der Waals surface area contributed by atoms with Gasteiger partial charge in [0.1, 0.15) is 11.6 Å². The molecule has 1 N–H and O–H groups in total. The lowest BCUT2D eigenvalue weighted by Crippen LogP contribution is -2.23. The van der Waals surface area contributed by atoms with Crippen LogP contribution in [0.4, 0.5) is 10.1 Å². The fourth-order valence-electron chi connectivity index (χ4n) is 2.27. The number of ether oxygens (including phenoxy) is 1. The lowest BCUT2D eigenvalue weighted by molar-refractivity contribution is 0.412. The van der Waals surface area contributed by atoms with Crippen molar-refractivity contribution in [2.75, 3.05) is 12.4 Å². The van der Waals surface area contributed by atoms with Crippen molar-refractivity contribution in [3.8, 4) is 11.8 Å². The van der Waals surface area contributed by atoms with Crippen molar-refractivity contribution in [2.45, 2.75) is 25.3 Å². The predicted molar refractivity (Wildman–Crippen MR) is 63.3 cm³/mol. The second-order valence-corrected chi connectivity index (χ2v) is 4.26. The van der Waals surface area contributed by atoms with Crippen molar-refractivity contribution in [1.82, 2.24) is 0 Å². The van der Waals surface area contributed by atoms with Crippen LogP contribution in [0.1, 0.15) is 19.3 Å². The Hall–Kier alpha value is -1.76. The minimum Gasteiger partial charge on any atom is -0.494 e. The van der Waals surface area contributed by atoms with Gasteiger partial charge in [0.25, 0.3) is 0 Å². The number of benzene rings is 1. The molecule has 1 fully saturated rings. The van der Waals surface area contributed by atoms with Crippen molar-refractivity contribution >= 4 is 5.69 Å². The summed E-state index contributed by atoms with van der Waals surface area (Å²) in [6.07, 6.45) is 2.95. The van der Waals surface area contributed by atoms with Crippen LogP contribution in [0.5, 0.6) is 5.75 Å². The molecule has 2 atom stereocenters. The molecule has 1 saturated carbocycles. The minimum absolute atomic E-state index is 0.0322. The maximum atomic E-state index is 13.0. The highest BCUT2D eigenvalue weighted by molar-refractivity contribution is 5.57. The number of nitrogens with one attached hydrogen (secondary N) is 1. The number of halogens is 1. The summed E-state index contributed by atoms with van der Waals surface area (Å²) in [5, 5.41) is 12.3. The molecule has 1 aliphatic carbocycles. The Morgan fingerprint density at radius 3 is 3.00 bits per heavy atom. The molecule has 1 aromatic rings. The fraction of sp³-hybridized carbons (Fsp3) is 0.462. The smallest absolute Gasteiger partial charge is 0.144 e. The first-order valence-electron chi connectivity index (χ1n) is 5.74. The summed E-state index contributed by atoms with van der Waals surface area (Å²) in [6.45, 7) is 0. The van der Waals surface area contributed by atoms with E-state index in [1.165, 1.54) is 19.2 Å². The highest BCUT2D eigenvalue weighted by Crippen LogP contribution is 2.32. The summed E-state index contributed by atoms with van der Waals surface area (Å²) in [7, 11) is 1.51. The summed E-state index contributed by atoms with van der Waals surface area (Å²) >= 11 is 0. The van der Waals surface area contributed by atoms with E-state index in [4.69, 9.17) is 10.00 Å². The van der Waals surface area contributed by atoms with Gasteiger partial charge in [-0.1, -0.05) is 0 Å². The number of rotatable bonds is 3. The second-order valence-electron chi connectivity index (χ2n) is 4.26. The molecule has 0 bridgehead atoms. The van der Waals surface area contributed by atoms with E-state index in [2.05, 4.69) is 11.4 Å². The van der Waals surface area contributed by atoms with Crippen LogP contribution < -0.4 is 10.1 Å². The van der Waals surface area contributed by atoms with E-state index in [0.29, 0.717) is 5.75 Å². The number of hydrogen-bond acceptors (Lipinski definition) is 3. The Kier molecular flexibility index (Phi) is 3.48. The number of hydrogen-bond donors (Lipinski definition) is 1. The third-order valence-electron chi connectivity index (χ3n) is 3.19. The molecule has 90 valence electrons. The van der Waals surface area contributed by atoms with E-state index >= 15 is 0 Å². The summed E-state index contributed by atoms with van der Waals surface area (Å²) in [4.78, 5) is 0. The second kappa shape index (κ2) is 5.05. The first kappa shape index (κ1) is 11.7. The molecule has 17 heavy (non-hydrogen) atoms. The summed E-state index contributed by atoms with van der Waals surface area (Å²) in [6, 6.07) is 6.83. The van der Waals surface area contributed by atoms with Gasteiger partial charge in [-0.3, -0.25) is 0 Å². The van der Waals surface area contributed by atoms with Crippen LogP contribution in [0.15, 0.2) is 18.2 Å². The molecule has 0 amide bonds. The monoisotopic (exact) mass is 234 g/mol. The van der Waals surface area contributed by atoms with Crippen molar-refractivity contribution in [2.24, 2.45) is 5.92 Å². The van der Waals surface area contributed by atoms with Crippen LogP contribution in [-0.2, 0) is 0 Å². The largest absolute Gasteiger partial charge is 0.494 e. The zero-order valence-corrected chi connectivity index (χ0v) is 9.74. The number of methoxy groups -OCH3 is 1. The Morgan fingerprint density at radius 1 is 1.47 bits per heavy atom. The first-order chi connectivity index (χ1) is 8.24. The average Bonchev–Trinajstić information content (AvgIpc) is 2.78. The Bertz CT molecular complexity index is 442. The highest BCUT2D eigenvalue weighted by Gasteiger charge is 2.27. The normalized spacial score (nSPS) is 23.1. The third kappa shape index (κ3) is 2.50. The summed E-state index contributed by atoms with van der Waals surface area (Å²) in [5.74, 6) is 0.189. The fourth-order valence-corrected chi connectivity index (χ4v) is 2.27.